The van der Waals surface area contributed by atoms with Crippen LogP contribution >= 0.6 is 0 Å². The van der Waals surface area contributed by atoms with E-state index in [-0.39, 0.29) is 0 Å². The third kappa shape index (κ3) is 5.80. The first kappa shape index (κ1) is 7.80. The third-order valence-corrected chi connectivity index (χ3v) is 0.570. The van der Waals surface area contributed by atoms with Crippen molar-refractivity contribution in [3.05, 3.63) is 0 Å². The second kappa shape index (κ2) is 3.76. The van der Waals surface area contributed by atoms with Gasteiger partial charge in [-0.1, -0.05) is 0 Å². The highest BCUT2D eigenvalue weighted by atomic mass is 15.7. The van der Waals surface area contributed by atoms with Crippen LogP contribution < -0.4 is 17.1 Å². The number of hydrazine groups is 3. The molecule has 0 atom stereocenters. The van der Waals surface area contributed by atoms with Gasteiger partial charge in [0.15, 0.2) is 0 Å². The topological polar surface area (TPSA) is 70.5 Å². The Hall–Kier alpha value is -0.200. The van der Waals surface area contributed by atoms with Crippen molar-refractivity contribution < 1.29 is 0 Å². The summed E-state index contributed by atoms with van der Waals surface area (Å²) in [5.41, 5.74) is 2.76. The summed E-state index contributed by atoms with van der Waals surface area (Å²) < 4.78 is 0. The zero-order valence-electron chi connectivity index (χ0n) is 5.26. The average Bonchev–Trinajstić information content (AvgIpc) is 1.61. The lowest BCUT2D eigenvalue weighted by atomic mass is 11.0. The molecule has 0 rings (SSSR count). The van der Waals surface area contributed by atoms with E-state index in [2.05, 4.69) is 5.43 Å². The van der Waals surface area contributed by atoms with Crippen molar-refractivity contribution in [1.29, 1.82) is 0 Å². The average molecular weight is 119 g/mol. The van der Waals surface area contributed by atoms with Gasteiger partial charge in [-0.3, -0.25) is 11.7 Å². The van der Waals surface area contributed by atoms with E-state index in [0.29, 0.717) is 6.67 Å². The highest BCUT2D eigenvalue weighted by Crippen LogP contribution is 1.60. The fourth-order valence-corrected chi connectivity index (χ4v) is 0.223. The van der Waals surface area contributed by atoms with Gasteiger partial charge in [-0.2, -0.15) is 5.12 Å². The molecule has 0 aliphatic rings. The molecule has 0 aromatic carbocycles. The van der Waals surface area contributed by atoms with Crippen LogP contribution in [0, 0.1) is 0 Å². The molecule has 0 aliphatic heterocycles. The maximum absolute atomic E-state index is 5.23. The Kier molecular flexibility index (Phi) is 3.67. The molecular weight excluding hydrogens is 106 g/mol. The predicted octanol–water partition coefficient (Wildman–Crippen LogP) is -1.94. The Balaban J connectivity index is 2.93. The van der Waals surface area contributed by atoms with Crippen molar-refractivity contribution in [3.8, 4) is 0 Å². The lowest BCUT2D eigenvalue weighted by molar-refractivity contribution is 0.173. The van der Waals surface area contributed by atoms with Crippen LogP contribution in [0.1, 0.15) is 0 Å². The molecular formula is C3H13N5. The second-order valence-electron chi connectivity index (χ2n) is 1.68. The van der Waals surface area contributed by atoms with E-state index in [1.165, 1.54) is 10.1 Å². The molecule has 0 amide bonds. The molecule has 5 heteroatoms. The highest BCUT2D eigenvalue weighted by molar-refractivity contribution is 4.28. The number of nitrogens with zero attached hydrogens (tertiary/aromatic N) is 2. The molecule has 8 heavy (non-hydrogen) atoms. The molecule has 0 heterocycles. The summed E-state index contributed by atoms with van der Waals surface area (Å²) in [4.78, 5) is 0. The molecule has 0 aromatic rings. The van der Waals surface area contributed by atoms with Gasteiger partial charge in [0.1, 0.15) is 0 Å². The fraction of sp³-hybridized carbons (Fsp3) is 1.00. The molecule has 0 unspecified atom stereocenters. The van der Waals surface area contributed by atoms with E-state index in [4.69, 9.17) is 11.7 Å². The predicted molar refractivity (Wildman–Crippen MR) is 31.9 cm³/mol. The SMILES string of the molecule is CN(N)CNN(C)N. The first-order valence-electron chi connectivity index (χ1n) is 2.30. The lowest BCUT2D eigenvalue weighted by Crippen LogP contribution is -2.47. The summed E-state index contributed by atoms with van der Waals surface area (Å²) >= 11 is 0. The fourth-order valence-electron chi connectivity index (χ4n) is 0.223. The number of hydrogen-bond acceptors (Lipinski definition) is 5. The van der Waals surface area contributed by atoms with Gasteiger partial charge in [-0.05, 0) is 0 Å². The van der Waals surface area contributed by atoms with E-state index < -0.39 is 0 Å². The molecule has 0 spiro atoms. The molecule has 50 valence electrons. The van der Waals surface area contributed by atoms with Crippen molar-refractivity contribution in [2.45, 2.75) is 0 Å². The Morgan fingerprint density at radius 1 is 1.38 bits per heavy atom. The number of hydrogen-bond donors (Lipinski definition) is 3. The van der Waals surface area contributed by atoms with Gasteiger partial charge in [0.2, 0.25) is 0 Å². The van der Waals surface area contributed by atoms with Crippen LogP contribution in [-0.4, -0.2) is 30.9 Å². The van der Waals surface area contributed by atoms with Gasteiger partial charge in [0, 0.05) is 14.1 Å². The zero-order valence-corrected chi connectivity index (χ0v) is 5.26. The minimum Gasteiger partial charge on any atom is -0.268 e. The minimum atomic E-state index is 0.549. The molecule has 0 aliphatic carbocycles. The summed E-state index contributed by atoms with van der Waals surface area (Å²) in [7, 11) is 3.44. The largest absolute Gasteiger partial charge is 0.268 e. The summed E-state index contributed by atoms with van der Waals surface area (Å²) in [5.74, 6) is 10.4. The molecule has 5 nitrogen and oxygen atoms in total. The van der Waals surface area contributed by atoms with E-state index in [9.17, 15) is 0 Å². The first-order valence-corrected chi connectivity index (χ1v) is 2.30. The van der Waals surface area contributed by atoms with Crippen LogP contribution in [0.15, 0.2) is 0 Å². The zero-order chi connectivity index (χ0) is 6.57. The molecule has 5 N–H and O–H groups in total. The van der Waals surface area contributed by atoms with Crippen molar-refractivity contribution in [3.63, 3.8) is 0 Å². The van der Waals surface area contributed by atoms with Crippen LogP contribution in [0.5, 0.6) is 0 Å². The number of nitrogens with two attached hydrogens (primary N) is 2. The number of nitrogens with one attached hydrogen (secondary N) is 1. The molecule has 0 radical (unpaired) electrons. The van der Waals surface area contributed by atoms with E-state index in [1.54, 1.807) is 14.1 Å². The van der Waals surface area contributed by atoms with Crippen molar-refractivity contribution >= 4 is 0 Å². The molecule has 0 bridgehead atoms. The summed E-state index contributed by atoms with van der Waals surface area (Å²) in [6, 6.07) is 0. The van der Waals surface area contributed by atoms with Crippen LogP contribution in [0.4, 0.5) is 0 Å². The Morgan fingerprint density at radius 3 is 2.00 bits per heavy atom. The van der Waals surface area contributed by atoms with Gasteiger partial charge < -0.3 is 0 Å². The molecule has 0 saturated carbocycles. The highest BCUT2D eigenvalue weighted by Gasteiger charge is 1.87. The quantitative estimate of drug-likeness (QED) is 0.229. The van der Waals surface area contributed by atoms with Gasteiger partial charge in [0.25, 0.3) is 0 Å². The van der Waals surface area contributed by atoms with Gasteiger partial charge in [-0.25, -0.2) is 10.4 Å². The molecule has 0 saturated heterocycles. The Bertz CT molecular complexity index is 43.6. The minimum absolute atomic E-state index is 0.549. The third-order valence-electron chi connectivity index (χ3n) is 0.570. The molecule has 0 fully saturated rings. The summed E-state index contributed by atoms with van der Waals surface area (Å²) in [6.07, 6.45) is 0. The van der Waals surface area contributed by atoms with E-state index in [1.807, 2.05) is 0 Å². The van der Waals surface area contributed by atoms with Crippen molar-refractivity contribution in [2.24, 2.45) is 11.7 Å². The van der Waals surface area contributed by atoms with E-state index in [0.717, 1.165) is 0 Å². The van der Waals surface area contributed by atoms with Gasteiger partial charge in [0.05, 0.1) is 6.67 Å². The number of rotatable bonds is 3. The van der Waals surface area contributed by atoms with E-state index >= 15 is 0 Å². The summed E-state index contributed by atoms with van der Waals surface area (Å²) in [6.45, 7) is 0.549. The first-order chi connectivity index (χ1) is 3.63. The van der Waals surface area contributed by atoms with Crippen molar-refractivity contribution in [2.75, 3.05) is 20.8 Å². The lowest BCUT2D eigenvalue weighted by Gasteiger charge is -2.14. The monoisotopic (exact) mass is 119 g/mol. The van der Waals surface area contributed by atoms with Crippen LogP contribution in [0.3, 0.4) is 0 Å². The Labute approximate surface area is 49.1 Å². The molecule has 0 aromatic heterocycles. The standard InChI is InChI=1S/C3H13N5/c1-7(4)3-6-8(2)5/h6H,3-5H2,1-2H3. The van der Waals surface area contributed by atoms with Crippen LogP contribution in [0.25, 0.3) is 0 Å². The maximum Gasteiger partial charge on any atom is 0.0761 e. The van der Waals surface area contributed by atoms with Crippen LogP contribution in [-0.2, 0) is 0 Å². The second-order valence-corrected chi connectivity index (χ2v) is 1.68. The van der Waals surface area contributed by atoms with Gasteiger partial charge in [-0.15, -0.1) is 0 Å². The maximum atomic E-state index is 5.23. The summed E-state index contributed by atoms with van der Waals surface area (Å²) in [5, 5.41) is 2.84. The van der Waals surface area contributed by atoms with Crippen molar-refractivity contribution in [1.82, 2.24) is 15.6 Å². The normalized spacial score (nSPS) is 11.2. The smallest absolute Gasteiger partial charge is 0.0761 e. The van der Waals surface area contributed by atoms with Gasteiger partial charge >= 0.3 is 0 Å². The van der Waals surface area contributed by atoms with Crippen LogP contribution in [0.2, 0.25) is 0 Å². The Morgan fingerprint density at radius 2 is 1.88 bits per heavy atom.